The molecule has 3 atom stereocenters. The number of rotatable bonds is 3. The molecule has 0 spiro atoms. The van der Waals surface area contributed by atoms with Crippen LogP contribution >= 0.6 is 0 Å². The Morgan fingerprint density at radius 2 is 1.86 bits per heavy atom. The number of hydrogen-bond donors (Lipinski definition) is 0. The second kappa shape index (κ2) is 6.54. The smallest absolute Gasteiger partial charge is 0.327 e. The number of carbonyl (C=O) groups is 1. The normalized spacial score (nSPS) is 25.6. The van der Waals surface area contributed by atoms with E-state index >= 15 is 0 Å². The lowest BCUT2D eigenvalue weighted by atomic mass is 10.00. The zero-order valence-corrected chi connectivity index (χ0v) is 13.0. The minimum atomic E-state index is -0.484. The average molecular weight is 294 g/mol. The molecule has 0 radical (unpaired) electrons. The summed E-state index contributed by atoms with van der Waals surface area (Å²) in [6.45, 7) is 5.89. The van der Waals surface area contributed by atoms with Crippen LogP contribution in [0.2, 0.25) is 0 Å². The number of carbonyl (C=O) groups excluding carboxylic acids is 1. The van der Waals surface area contributed by atoms with Crippen molar-refractivity contribution in [2.24, 2.45) is 0 Å². The first-order valence-corrected chi connectivity index (χ1v) is 7.23. The molecule has 1 aromatic rings. The van der Waals surface area contributed by atoms with Gasteiger partial charge in [-0.25, -0.2) is 9.18 Å². The molecule has 0 saturated carbocycles. The van der Waals surface area contributed by atoms with Crippen LogP contribution in [-0.2, 0) is 9.53 Å². The van der Waals surface area contributed by atoms with Crippen LogP contribution in [0, 0.1) is 5.82 Å². The summed E-state index contributed by atoms with van der Waals surface area (Å²) in [7, 11) is 3.48. The number of methoxy groups -OCH3 is 1. The van der Waals surface area contributed by atoms with Crippen molar-refractivity contribution in [3.8, 4) is 0 Å². The summed E-state index contributed by atoms with van der Waals surface area (Å²) < 4.78 is 18.1. The molecule has 0 aromatic heterocycles. The van der Waals surface area contributed by atoms with Gasteiger partial charge in [0.15, 0.2) is 0 Å². The Morgan fingerprint density at radius 1 is 1.24 bits per heavy atom. The number of ether oxygens (including phenoxy) is 1. The van der Waals surface area contributed by atoms with Crippen molar-refractivity contribution in [3.05, 3.63) is 35.6 Å². The van der Waals surface area contributed by atoms with Crippen LogP contribution in [0.5, 0.6) is 0 Å². The summed E-state index contributed by atoms with van der Waals surface area (Å²) in [4.78, 5) is 16.7. The van der Waals surface area contributed by atoms with Gasteiger partial charge in [0.05, 0.1) is 7.11 Å². The first-order valence-electron chi connectivity index (χ1n) is 7.23. The SMILES string of the molecule is COC(=O)C(c1ccc(F)cc1)N1C[C@H](C)N(C)C[C@H]1C. The molecule has 1 heterocycles. The van der Waals surface area contributed by atoms with Gasteiger partial charge in [0, 0.05) is 25.2 Å². The summed E-state index contributed by atoms with van der Waals surface area (Å²) in [6, 6.07) is 6.18. The fourth-order valence-electron chi connectivity index (χ4n) is 2.91. The summed E-state index contributed by atoms with van der Waals surface area (Å²) in [5.41, 5.74) is 0.770. The van der Waals surface area contributed by atoms with Crippen LogP contribution in [0.25, 0.3) is 0 Å². The molecule has 1 aliphatic rings. The van der Waals surface area contributed by atoms with Crippen LogP contribution in [0.3, 0.4) is 0 Å². The summed E-state index contributed by atoms with van der Waals surface area (Å²) >= 11 is 0. The number of likely N-dealkylation sites (N-methyl/N-ethyl adjacent to an activating group) is 1. The van der Waals surface area contributed by atoms with E-state index in [0.29, 0.717) is 6.04 Å². The van der Waals surface area contributed by atoms with Gasteiger partial charge >= 0.3 is 5.97 Å². The van der Waals surface area contributed by atoms with Crippen molar-refractivity contribution in [3.63, 3.8) is 0 Å². The van der Waals surface area contributed by atoms with Crippen molar-refractivity contribution in [2.75, 3.05) is 27.2 Å². The maximum atomic E-state index is 13.1. The van der Waals surface area contributed by atoms with Gasteiger partial charge < -0.3 is 9.64 Å². The van der Waals surface area contributed by atoms with Crippen molar-refractivity contribution in [2.45, 2.75) is 32.0 Å². The molecule has 0 N–H and O–H groups in total. The largest absolute Gasteiger partial charge is 0.468 e. The molecular formula is C16H23FN2O2. The van der Waals surface area contributed by atoms with Crippen LogP contribution in [0.4, 0.5) is 4.39 Å². The predicted molar refractivity (Wildman–Crippen MR) is 79.4 cm³/mol. The molecule has 2 rings (SSSR count). The molecular weight excluding hydrogens is 271 g/mol. The Morgan fingerprint density at radius 3 is 2.43 bits per heavy atom. The van der Waals surface area contributed by atoms with E-state index < -0.39 is 6.04 Å². The molecule has 0 amide bonds. The van der Waals surface area contributed by atoms with E-state index in [1.807, 2.05) is 0 Å². The molecule has 0 aliphatic carbocycles. The van der Waals surface area contributed by atoms with E-state index in [-0.39, 0.29) is 17.8 Å². The monoisotopic (exact) mass is 294 g/mol. The van der Waals surface area contributed by atoms with Gasteiger partial charge in [-0.3, -0.25) is 4.90 Å². The minimum absolute atomic E-state index is 0.223. The number of benzene rings is 1. The zero-order valence-electron chi connectivity index (χ0n) is 13.0. The van der Waals surface area contributed by atoms with Gasteiger partial charge in [-0.05, 0) is 38.6 Å². The highest BCUT2D eigenvalue weighted by Gasteiger charge is 2.36. The molecule has 1 unspecified atom stereocenters. The lowest BCUT2D eigenvalue weighted by Crippen LogP contribution is -2.57. The van der Waals surface area contributed by atoms with Gasteiger partial charge in [0.2, 0.25) is 0 Å². The molecule has 0 bridgehead atoms. The zero-order chi connectivity index (χ0) is 15.6. The van der Waals surface area contributed by atoms with Crippen LogP contribution in [0.1, 0.15) is 25.5 Å². The van der Waals surface area contributed by atoms with Crippen molar-refractivity contribution in [1.82, 2.24) is 9.80 Å². The maximum absolute atomic E-state index is 13.1. The number of nitrogens with zero attached hydrogens (tertiary/aromatic N) is 2. The highest BCUT2D eigenvalue weighted by Crippen LogP contribution is 2.28. The lowest BCUT2D eigenvalue weighted by molar-refractivity contribution is -0.150. The van der Waals surface area contributed by atoms with E-state index in [1.54, 1.807) is 12.1 Å². The lowest BCUT2D eigenvalue weighted by Gasteiger charge is -2.45. The number of hydrogen-bond acceptors (Lipinski definition) is 4. The Labute approximate surface area is 125 Å². The number of piperazine rings is 1. The van der Waals surface area contributed by atoms with E-state index in [2.05, 4.69) is 30.7 Å². The van der Waals surface area contributed by atoms with Crippen LogP contribution in [0.15, 0.2) is 24.3 Å². The van der Waals surface area contributed by atoms with Crippen molar-refractivity contribution < 1.29 is 13.9 Å². The Balaban J connectivity index is 2.31. The first-order chi connectivity index (χ1) is 9.93. The van der Waals surface area contributed by atoms with Gasteiger partial charge in [0.1, 0.15) is 11.9 Å². The Hall–Kier alpha value is -1.46. The minimum Gasteiger partial charge on any atom is -0.468 e. The molecule has 4 nitrogen and oxygen atoms in total. The number of halogens is 1. The molecule has 1 aromatic carbocycles. The van der Waals surface area contributed by atoms with Gasteiger partial charge in [-0.15, -0.1) is 0 Å². The topological polar surface area (TPSA) is 32.8 Å². The van der Waals surface area contributed by atoms with Crippen LogP contribution < -0.4 is 0 Å². The highest BCUT2D eigenvalue weighted by molar-refractivity contribution is 5.77. The maximum Gasteiger partial charge on any atom is 0.327 e. The van der Waals surface area contributed by atoms with Crippen LogP contribution in [-0.4, -0.2) is 55.1 Å². The summed E-state index contributed by atoms with van der Waals surface area (Å²) in [5.74, 6) is -0.604. The quantitative estimate of drug-likeness (QED) is 0.799. The molecule has 1 saturated heterocycles. The molecule has 1 fully saturated rings. The Kier molecular flexibility index (Phi) is 4.96. The fourth-order valence-corrected chi connectivity index (χ4v) is 2.91. The van der Waals surface area contributed by atoms with E-state index in [9.17, 15) is 9.18 Å². The first kappa shape index (κ1) is 15.9. The second-order valence-electron chi connectivity index (χ2n) is 5.81. The van der Waals surface area contributed by atoms with E-state index in [1.165, 1.54) is 19.2 Å². The predicted octanol–water partition coefficient (Wildman–Crippen LogP) is 2.06. The van der Waals surface area contributed by atoms with E-state index in [0.717, 1.165) is 18.7 Å². The molecule has 116 valence electrons. The standard InChI is InChI=1S/C16H23FN2O2/c1-11-10-19(12(2)9-18(11)3)15(16(20)21-4)13-5-7-14(17)8-6-13/h5-8,11-12,15H,9-10H2,1-4H3/t11-,12+,15?/m0/s1. The highest BCUT2D eigenvalue weighted by atomic mass is 19.1. The molecule has 5 heteroatoms. The third-order valence-corrected chi connectivity index (χ3v) is 4.29. The molecule has 1 aliphatic heterocycles. The Bertz CT molecular complexity index is 492. The summed E-state index contributed by atoms with van der Waals surface area (Å²) in [6.07, 6.45) is 0. The number of esters is 1. The average Bonchev–Trinajstić information content (AvgIpc) is 2.46. The third kappa shape index (κ3) is 3.41. The van der Waals surface area contributed by atoms with Crippen molar-refractivity contribution in [1.29, 1.82) is 0 Å². The third-order valence-electron chi connectivity index (χ3n) is 4.29. The van der Waals surface area contributed by atoms with Gasteiger partial charge in [-0.2, -0.15) is 0 Å². The second-order valence-corrected chi connectivity index (χ2v) is 5.81. The summed E-state index contributed by atoms with van der Waals surface area (Å²) in [5, 5.41) is 0. The van der Waals surface area contributed by atoms with Gasteiger partial charge in [-0.1, -0.05) is 12.1 Å². The van der Waals surface area contributed by atoms with Crippen molar-refractivity contribution >= 4 is 5.97 Å². The van der Waals surface area contributed by atoms with Gasteiger partial charge in [0.25, 0.3) is 0 Å². The fraction of sp³-hybridized carbons (Fsp3) is 0.562. The van der Waals surface area contributed by atoms with E-state index in [4.69, 9.17) is 4.74 Å². The molecule has 21 heavy (non-hydrogen) atoms.